The maximum atomic E-state index is 5.69. The first kappa shape index (κ1) is 9.40. The fourth-order valence-corrected chi connectivity index (χ4v) is 2.36. The van der Waals surface area contributed by atoms with Gasteiger partial charge in [-0.05, 0) is 12.8 Å². The Morgan fingerprint density at radius 1 is 1.31 bits per heavy atom. The highest BCUT2D eigenvalue weighted by molar-refractivity contribution is 4.86. The predicted molar refractivity (Wildman–Crippen MR) is 46.7 cm³/mol. The number of nitrogens with two attached hydrogens (primary N) is 1. The van der Waals surface area contributed by atoms with Gasteiger partial charge in [-0.25, -0.2) is 5.90 Å². The van der Waals surface area contributed by atoms with E-state index in [1.807, 2.05) is 0 Å². The van der Waals surface area contributed by atoms with Crippen molar-refractivity contribution in [3.05, 3.63) is 0 Å². The summed E-state index contributed by atoms with van der Waals surface area (Å²) in [4.78, 5) is 4.71. The van der Waals surface area contributed by atoms with Crippen molar-refractivity contribution >= 4 is 0 Å². The van der Waals surface area contributed by atoms with Crippen molar-refractivity contribution in [3.63, 3.8) is 0 Å². The normalized spacial score (nSPS) is 32.5. The van der Waals surface area contributed by atoms with E-state index in [9.17, 15) is 0 Å². The van der Waals surface area contributed by atoms with Gasteiger partial charge in [0.15, 0.2) is 5.79 Å². The van der Waals surface area contributed by atoms with E-state index in [1.165, 1.54) is 12.8 Å². The molecule has 2 N–H and O–H groups in total. The molecule has 2 rings (SSSR count). The number of hydrogen-bond acceptors (Lipinski definition) is 4. The largest absolute Gasteiger partial charge is 0.347 e. The first-order chi connectivity index (χ1) is 6.37. The molecule has 4 heteroatoms. The quantitative estimate of drug-likeness (QED) is 0.650. The van der Waals surface area contributed by atoms with Crippen LogP contribution in [0.5, 0.6) is 0 Å². The van der Waals surface area contributed by atoms with Crippen LogP contribution in [0.2, 0.25) is 0 Å². The van der Waals surface area contributed by atoms with E-state index in [-0.39, 0.29) is 5.79 Å². The summed E-state index contributed by atoms with van der Waals surface area (Å²) in [5.74, 6) is 5.05. The Morgan fingerprint density at radius 3 is 2.77 bits per heavy atom. The van der Waals surface area contributed by atoms with Crippen molar-refractivity contribution in [2.45, 2.75) is 31.5 Å². The van der Waals surface area contributed by atoms with Gasteiger partial charge in [-0.1, -0.05) is 6.42 Å². The first-order valence-corrected chi connectivity index (χ1v) is 4.97. The summed E-state index contributed by atoms with van der Waals surface area (Å²) in [6, 6.07) is 0. The van der Waals surface area contributed by atoms with Gasteiger partial charge in [0.05, 0.1) is 19.8 Å². The molecule has 1 unspecified atom stereocenters. The van der Waals surface area contributed by atoms with Gasteiger partial charge in [0.25, 0.3) is 0 Å². The van der Waals surface area contributed by atoms with Crippen LogP contribution in [-0.2, 0) is 14.3 Å². The fourth-order valence-electron chi connectivity index (χ4n) is 2.36. The lowest BCUT2D eigenvalue weighted by atomic mass is 9.84. The zero-order valence-electron chi connectivity index (χ0n) is 7.83. The van der Waals surface area contributed by atoms with Crippen molar-refractivity contribution in [1.82, 2.24) is 0 Å². The topological polar surface area (TPSA) is 53.7 Å². The molecule has 1 saturated heterocycles. The van der Waals surface area contributed by atoms with E-state index in [2.05, 4.69) is 0 Å². The smallest absolute Gasteiger partial charge is 0.173 e. The predicted octanol–water partition coefficient (Wildman–Crippen LogP) is 0.810. The Hall–Kier alpha value is -0.160. The molecule has 1 atom stereocenters. The van der Waals surface area contributed by atoms with Crippen molar-refractivity contribution in [1.29, 1.82) is 0 Å². The van der Waals surface area contributed by atoms with Crippen LogP contribution in [0.25, 0.3) is 0 Å². The summed E-state index contributed by atoms with van der Waals surface area (Å²) in [5, 5.41) is 0. The molecule has 1 saturated carbocycles. The van der Waals surface area contributed by atoms with Crippen LogP contribution < -0.4 is 5.90 Å². The second-order valence-electron chi connectivity index (χ2n) is 3.78. The molecular formula is C9H17NO3. The van der Waals surface area contributed by atoms with Crippen molar-refractivity contribution < 1.29 is 14.3 Å². The Morgan fingerprint density at radius 2 is 2.08 bits per heavy atom. The zero-order chi connectivity index (χ0) is 9.15. The van der Waals surface area contributed by atoms with Gasteiger partial charge < -0.3 is 14.3 Å². The molecule has 1 aliphatic heterocycles. The summed E-state index contributed by atoms with van der Waals surface area (Å²) >= 11 is 0. The summed E-state index contributed by atoms with van der Waals surface area (Å²) in [7, 11) is 0. The van der Waals surface area contributed by atoms with Gasteiger partial charge in [0.1, 0.15) is 0 Å². The maximum absolute atomic E-state index is 5.69. The monoisotopic (exact) mass is 187 g/mol. The van der Waals surface area contributed by atoms with Crippen LogP contribution in [-0.4, -0.2) is 25.6 Å². The van der Waals surface area contributed by atoms with Gasteiger partial charge in [-0.15, -0.1) is 0 Å². The van der Waals surface area contributed by atoms with E-state index < -0.39 is 0 Å². The molecule has 4 nitrogen and oxygen atoms in total. The third-order valence-electron chi connectivity index (χ3n) is 3.02. The lowest BCUT2D eigenvalue weighted by Crippen LogP contribution is -2.44. The summed E-state index contributed by atoms with van der Waals surface area (Å²) in [6.45, 7) is 1.96. The molecule has 0 radical (unpaired) electrons. The summed E-state index contributed by atoms with van der Waals surface area (Å²) < 4.78 is 11.4. The maximum Gasteiger partial charge on any atom is 0.173 e. The van der Waals surface area contributed by atoms with Gasteiger partial charge in [0.2, 0.25) is 0 Å². The van der Waals surface area contributed by atoms with Crippen LogP contribution in [0, 0.1) is 5.92 Å². The second kappa shape index (κ2) is 3.92. The standard InChI is InChI=1S/C9H17NO3/c10-13-7-8-3-1-2-4-9(8)11-5-6-12-9/h8H,1-7,10H2. The third-order valence-corrected chi connectivity index (χ3v) is 3.02. The molecule has 0 aromatic heterocycles. The van der Waals surface area contributed by atoms with Gasteiger partial charge in [-0.3, -0.25) is 0 Å². The summed E-state index contributed by atoms with van der Waals surface area (Å²) in [5.41, 5.74) is 0. The van der Waals surface area contributed by atoms with Gasteiger partial charge in [-0.2, -0.15) is 0 Å². The molecule has 0 aromatic carbocycles. The molecule has 0 bridgehead atoms. The van der Waals surface area contributed by atoms with Crippen LogP contribution in [0.4, 0.5) is 0 Å². The van der Waals surface area contributed by atoms with Gasteiger partial charge >= 0.3 is 0 Å². The Balaban J connectivity index is 2.03. The minimum atomic E-state index is -0.363. The number of ether oxygens (including phenoxy) is 2. The fraction of sp³-hybridized carbons (Fsp3) is 1.00. The lowest BCUT2D eigenvalue weighted by Gasteiger charge is -2.38. The zero-order valence-corrected chi connectivity index (χ0v) is 7.83. The average molecular weight is 187 g/mol. The average Bonchev–Trinajstić information content (AvgIpc) is 2.59. The molecule has 0 amide bonds. The third kappa shape index (κ3) is 1.72. The molecule has 2 aliphatic rings. The molecule has 0 aromatic rings. The highest BCUT2D eigenvalue weighted by Gasteiger charge is 2.45. The van der Waals surface area contributed by atoms with Crippen LogP contribution in [0.1, 0.15) is 25.7 Å². The van der Waals surface area contributed by atoms with Crippen molar-refractivity contribution in [3.8, 4) is 0 Å². The molecule has 1 spiro atoms. The Kier molecular flexibility index (Phi) is 2.83. The van der Waals surface area contributed by atoms with Crippen molar-refractivity contribution in [2.75, 3.05) is 19.8 Å². The Bertz CT molecular complexity index is 166. The summed E-state index contributed by atoms with van der Waals surface area (Å²) in [6.07, 6.45) is 4.49. The number of hydrogen-bond donors (Lipinski definition) is 1. The van der Waals surface area contributed by atoms with E-state index >= 15 is 0 Å². The first-order valence-electron chi connectivity index (χ1n) is 4.97. The molecular weight excluding hydrogens is 170 g/mol. The van der Waals surface area contributed by atoms with Crippen LogP contribution in [0.15, 0.2) is 0 Å². The second-order valence-corrected chi connectivity index (χ2v) is 3.78. The molecule has 2 fully saturated rings. The van der Waals surface area contributed by atoms with E-state index in [0.717, 1.165) is 12.8 Å². The van der Waals surface area contributed by atoms with E-state index in [1.54, 1.807) is 0 Å². The van der Waals surface area contributed by atoms with Gasteiger partial charge in [0, 0.05) is 12.3 Å². The van der Waals surface area contributed by atoms with Crippen LogP contribution >= 0.6 is 0 Å². The molecule has 1 aliphatic carbocycles. The minimum Gasteiger partial charge on any atom is -0.347 e. The lowest BCUT2D eigenvalue weighted by molar-refractivity contribution is -0.223. The Labute approximate surface area is 78.3 Å². The van der Waals surface area contributed by atoms with Crippen molar-refractivity contribution in [2.24, 2.45) is 11.8 Å². The van der Waals surface area contributed by atoms with E-state index in [4.69, 9.17) is 20.2 Å². The minimum absolute atomic E-state index is 0.314. The molecule has 13 heavy (non-hydrogen) atoms. The highest BCUT2D eigenvalue weighted by Crippen LogP contribution is 2.40. The van der Waals surface area contributed by atoms with E-state index in [0.29, 0.717) is 25.7 Å². The highest BCUT2D eigenvalue weighted by atomic mass is 16.7. The number of rotatable bonds is 2. The molecule has 76 valence electrons. The SMILES string of the molecule is NOCC1CCCCC12OCCO2. The van der Waals surface area contributed by atoms with Crippen LogP contribution in [0.3, 0.4) is 0 Å². The molecule has 1 heterocycles.